The summed E-state index contributed by atoms with van der Waals surface area (Å²) in [6.07, 6.45) is 5.36. The van der Waals surface area contributed by atoms with Gasteiger partial charge in [0, 0.05) is 30.0 Å². The molecule has 5 nitrogen and oxygen atoms in total. The zero-order valence-corrected chi connectivity index (χ0v) is 15.0. The third-order valence-electron chi connectivity index (χ3n) is 5.29. The smallest absolute Gasteiger partial charge is 0.225 e. The highest BCUT2D eigenvalue weighted by molar-refractivity contribution is 7.91. The minimum absolute atomic E-state index is 0.0501. The summed E-state index contributed by atoms with van der Waals surface area (Å²) in [7, 11) is -2.91. The second-order valence-corrected chi connectivity index (χ2v) is 10.2. The van der Waals surface area contributed by atoms with Crippen LogP contribution in [-0.2, 0) is 34.0 Å². The van der Waals surface area contributed by atoms with Crippen molar-refractivity contribution in [1.82, 2.24) is 4.90 Å². The van der Waals surface area contributed by atoms with E-state index in [4.69, 9.17) is 0 Å². The molecule has 1 fully saturated rings. The van der Waals surface area contributed by atoms with Gasteiger partial charge in [0.1, 0.15) is 5.00 Å². The van der Waals surface area contributed by atoms with Gasteiger partial charge in [0.2, 0.25) is 5.91 Å². The van der Waals surface area contributed by atoms with Crippen molar-refractivity contribution in [2.45, 2.75) is 51.6 Å². The molecule has 0 unspecified atom stereocenters. The Bertz CT molecular complexity index is 754. The maximum absolute atomic E-state index is 12.1. The minimum atomic E-state index is -2.91. The van der Waals surface area contributed by atoms with Gasteiger partial charge in [-0.05, 0) is 37.7 Å². The summed E-state index contributed by atoms with van der Waals surface area (Å²) < 4.78 is 23.6. The first-order chi connectivity index (χ1) is 10.9. The number of aryl methyl sites for hydroxylation is 1. The van der Waals surface area contributed by atoms with E-state index < -0.39 is 9.84 Å². The van der Waals surface area contributed by atoms with E-state index in [1.54, 1.807) is 18.3 Å². The molecule has 3 aliphatic rings. The second-order valence-electron chi connectivity index (χ2n) is 6.89. The Kier molecular flexibility index (Phi) is 3.77. The van der Waals surface area contributed by atoms with Crippen LogP contribution in [0.2, 0.25) is 0 Å². The van der Waals surface area contributed by atoms with E-state index in [-0.39, 0.29) is 23.5 Å². The summed E-state index contributed by atoms with van der Waals surface area (Å²) in [6, 6.07) is 0.0501. The lowest BCUT2D eigenvalue weighted by molar-refractivity contribution is -0.117. The van der Waals surface area contributed by atoms with E-state index in [1.807, 2.05) is 4.90 Å². The van der Waals surface area contributed by atoms with Crippen molar-refractivity contribution >= 4 is 32.1 Å². The van der Waals surface area contributed by atoms with Gasteiger partial charge in [-0.2, -0.15) is 0 Å². The molecule has 1 atom stereocenters. The number of carbonyl (C=O) groups excluding carboxylic acids is 1. The summed E-state index contributed by atoms with van der Waals surface area (Å²) in [4.78, 5) is 17.6. The molecule has 1 aliphatic carbocycles. The number of carbonyl (C=O) groups is 1. The number of rotatable bonds is 1. The Morgan fingerprint density at radius 2 is 2.00 bits per heavy atom. The standard InChI is InChI=1S/C16H22N2O3S2/c1-11(19)18-10-17(12-6-7-23(20,21)9-12)8-14-13-4-2-3-5-15(13)22-16(14)18/h12H,2-10H2,1H3/t12-/m1/s1. The highest BCUT2D eigenvalue weighted by atomic mass is 32.2. The molecule has 2 aliphatic heterocycles. The van der Waals surface area contributed by atoms with E-state index in [0.29, 0.717) is 13.1 Å². The molecular formula is C16H22N2O3S2. The summed E-state index contributed by atoms with van der Waals surface area (Å²) >= 11 is 1.78. The Labute approximate surface area is 141 Å². The predicted octanol–water partition coefficient (Wildman–Crippen LogP) is 1.94. The number of thiophene rings is 1. The maximum Gasteiger partial charge on any atom is 0.225 e. The minimum Gasteiger partial charge on any atom is -0.290 e. The van der Waals surface area contributed by atoms with Crippen molar-refractivity contribution in [1.29, 1.82) is 0 Å². The van der Waals surface area contributed by atoms with Crippen molar-refractivity contribution in [3.8, 4) is 0 Å². The Morgan fingerprint density at radius 3 is 2.70 bits per heavy atom. The molecule has 1 amide bonds. The summed E-state index contributed by atoms with van der Waals surface area (Å²) in [5.74, 6) is 0.568. The average Bonchev–Trinajstić information content (AvgIpc) is 3.06. The molecular weight excluding hydrogens is 332 g/mol. The van der Waals surface area contributed by atoms with Gasteiger partial charge in [-0.3, -0.25) is 14.6 Å². The molecule has 7 heteroatoms. The number of nitrogens with zero attached hydrogens (tertiary/aromatic N) is 2. The molecule has 0 spiro atoms. The van der Waals surface area contributed by atoms with Crippen molar-refractivity contribution in [3.63, 3.8) is 0 Å². The molecule has 126 valence electrons. The molecule has 23 heavy (non-hydrogen) atoms. The van der Waals surface area contributed by atoms with Gasteiger partial charge < -0.3 is 0 Å². The van der Waals surface area contributed by atoms with E-state index in [2.05, 4.69) is 4.90 Å². The summed E-state index contributed by atoms with van der Waals surface area (Å²) in [6.45, 7) is 2.93. The fourth-order valence-corrected chi connectivity index (χ4v) is 7.24. The molecule has 4 rings (SSSR count). The fourth-order valence-electron chi connectivity index (χ4n) is 4.05. The van der Waals surface area contributed by atoms with Crippen LogP contribution >= 0.6 is 11.3 Å². The first-order valence-corrected chi connectivity index (χ1v) is 10.9. The normalized spacial score (nSPS) is 26.8. The fraction of sp³-hybridized carbons (Fsp3) is 0.688. The Balaban J connectivity index is 1.70. The number of sulfone groups is 1. The Morgan fingerprint density at radius 1 is 1.22 bits per heavy atom. The third kappa shape index (κ3) is 2.72. The van der Waals surface area contributed by atoms with Gasteiger partial charge in [-0.1, -0.05) is 0 Å². The largest absolute Gasteiger partial charge is 0.290 e. The lowest BCUT2D eigenvalue weighted by atomic mass is 9.94. The molecule has 0 aromatic carbocycles. The Hall–Kier alpha value is -0.920. The number of anilines is 1. The highest BCUT2D eigenvalue weighted by Crippen LogP contribution is 2.43. The van der Waals surface area contributed by atoms with Crippen molar-refractivity contribution in [3.05, 3.63) is 16.0 Å². The SMILES string of the molecule is CC(=O)N1CN([C@@H]2CCS(=O)(=O)C2)Cc2c1sc1c2CCCC1. The van der Waals surface area contributed by atoms with E-state index in [9.17, 15) is 13.2 Å². The van der Waals surface area contributed by atoms with Gasteiger partial charge in [-0.15, -0.1) is 11.3 Å². The first-order valence-electron chi connectivity index (χ1n) is 8.30. The van der Waals surface area contributed by atoms with E-state index in [0.717, 1.165) is 24.4 Å². The van der Waals surface area contributed by atoms with Crippen molar-refractivity contribution < 1.29 is 13.2 Å². The third-order valence-corrected chi connectivity index (χ3v) is 8.40. The van der Waals surface area contributed by atoms with Gasteiger partial charge in [0.05, 0.1) is 18.2 Å². The van der Waals surface area contributed by atoms with Crippen LogP contribution in [0.25, 0.3) is 0 Å². The van der Waals surface area contributed by atoms with E-state index in [1.165, 1.54) is 28.8 Å². The van der Waals surface area contributed by atoms with Crippen LogP contribution in [0.4, 0.5) is 5.00 Å². The molecule has 1 aromatic heterocycles. The number of amides is 1. The summed E-state index contributed by atoms with van der Waals surface area (Å²) in [5, 5.41) is 1.11. The number of hydrogen-bond acceptors (Lipinski definition) is 5. The monoisotopic (exact) mass is 354 g/mol. The lowest BCUT2D eigenvalue weighted by Crippen LogP contribution is -2.49. The van der Waals surface area contributed by atoms with Crippen molar-refractivity contribution in [2.24, 2.45) is 0 Å². The quantitative estimate of drug-likeness (QED) is 0.773. The number of hydrogen-bond donors (Lipinski definition) is 0. The predicted molar refractivity (Wildman–Crippen MR) is 91.6 cm³/mol. The lowest BCUT2D eigenvalue weighted by Gasteiger charge is -2.38. The maximum atomic E-state index is 12.1. The van der Waals surface area contributed by atoms with Gasteiger partial charge in [0.15, 0.2) is 9.84 Å². The van der Waals surface area contributed by atoms with Crippen LogP contribution in [0.15, 0.2) is 0 Å². The molecule has 1 saturated heterocycles. The number of fused-ring (bicyclic) bond motifs is 3. The van der Waals surface area contributed by atoms with Gasteiger partial charge in [-0.25, -0.2) is 8.42 Å². The van der Waals surface area contributed by atoms with Crippen LogP contribution < -0.4 is 4.90 Å². The molecule has 1 aromatic rings. The van der Waals surface area contributed by atoms with Gasteiger partial charge in [0.25, 0.3) is 0 Å². The average molecular weight is 354 g/mol. The van der Waals surface area contributed by atoms with Crippen LogP contribution in [0.1, 0.15) is 42.2 Å². The topological polar surface area (TPSA) is 57.7 Å². The highest BCUT2D eigenvalue weighted by Gasteiger charge is 2.38. The second kappa shape index (κ2) is 5.57. The molecule has 0 bridgehead atoms. The summed E-state index contributed by atoms with van der Waals surface area (Å²) in [5.41, 5.74) is 2.73. The van der Waals surface area contributed by atoms with Gasteiger partial charge >= 0.3 is 0 Å². The van der Waals surface area contributed by atoms with Crippen LogP contribution in [0, 0.1) is 0 Å². The molecule has 0 radical (unpaired) electrons. The zero-order chi connectivity index (χ0) is 16.2. The van der Waals surface area contributed by atoms with Crippen LogP contribution in [0.3, 0.4) is 0 Å². The molecule has 0 saturated carbocycles. The van der Waals surface area contributed by atoms with Crippen LogP contribution in [-0.4, -0.2) is 43.4 Å². The molecule has 3 heterocycles. The van der Waals surface area contributed by atoms with E-state index >= 15 is 0 Å². The van der Waals surface area contributed by atoms with Crippen molar-refractivity contribution in [2.75, 3.05) is 23.1 Å². The zero-order valence-electron chi connectivity index (χ0n) is 13.4. The molecule has 0 N–H and O–H groups in total. The first kappa shape index (κ1) is 15.6. The van der Waals surface area contributed by atoms with Crippen LogP contribution in [0.5, 0.6) is 0 Å².